The summed E-state index contributed by atoms with van der Waals surface area (Å²) < 4.78 is 5.66. The number of aliphatic hydroxyl groups is 1. The van der Waals surface area contributed by atoms with E-state index < -0.39 is 5.62 Å². The normalized spacial score (nSPS) is 16.2. The molecule has 14 heteroatoms. The van der Waals surface area contributed by atoms with Crippen molar-refractivity contribution in [3.05, 3.63) is 74.6 Å². The molecule has 0 bridgehead atoms. The third kappa shape index (κ3) is 6.39. The molecule has 0 aliphatic carbocycles. The Morgan fingerprint density at radius 2 is 1.95 bits per heavy atom. The van der Waals surface area contributed by atoms with Crippen LogP contribution in [0.5, 0.6) is 0 Å². The Bertz CT molecular complexity index is 1730. The molecule has 11 nitrogen and oxygen atoms in total. The van der Waals surface area contributed by atoms with E-state index in [4.69, 9.17) is 24.4 Å². The van der Waals surface area contributed by atoms with Gasteiger partial charge in [-0.05, 0) is 63.4 Å². The lowest BCUT2D eigenvalue weighted by Gasteiger charge is -2.33. The molecule has 2 atom stereocenters. The maximum atomic E-state index is 13.7. The van der Waals surface area contributed by atoms with Crippen LogP contribution in [0.2, 0.25) is 5.15 Å². The predicted molar refractivity (Wildman–Crippen MR) is 172 cm³/mol. The fraction of sp³-hybridized carbons (Fsp3) is 0.414. The topological polar surface area (TPSA) is 130 Å². The van der Waals surface area contributed by atoms with Gasteiger partial charge in [-0.3, -0.25) is 23.6 Å². The number of hydrogen-bond donors (Lipinski definition) is 3. The van der Waals surface area contributed by atoms with Gasteiger partial charge in [-0.2, -0.15) is 5.10 Å². The average Bonchev–Trinajstić information content (AvgIpc) is 3.47. The molecule has 1 aliphatic heterocycles. The summed E-state index contributed by atoms with van der Waals surface area (Å²) in [4.78, 5) is 37.8. The molecular weight excluding hydrogens is 587 g/mol. The number of aromatic nitrogens is 5. The van der Waals surface area contributed by atoms with Gasteiger partial charge in [0.1, 0.15) is 18.6 Å². The van der Waals surface area contributed by atoms with Crippen molar-refractivity contribution in [2.45, 2.75) is 51.2 Å². The van der Waals surface area contributed by atoms with Gasteiger partial charge in [-0.1, -0.05) is 29.6 Å². The van der Waals surface area contributed by atoms with Gasteiger partial charge in [0.15, 0.2) is 5.69 Å². The summed E-state index contributed by atoms with van der Waals surface area (Å²) >= 11 is 7.28. The SMILES string of the molecule is [B]C(C)(O)n1ccc(C2CCN(c3nc4c(C(C)Nc5ccc(Cl)nc5C(=O)NSC)cc(C)cc4c(=O)n3C)CC2)n1. The van der Waals surface area contributed by atoms with Crippen LogP contribution in [0.25, 0.3) is 10.9 Å². The number of hydrogen-bond acceptors (Lipinski definition) is 9. The molecule has 2 radical (unpaired) electrons. The molecule has 4 heterocycles. The van der Waals surface area contributed by atoms with Crippen LogP contribution in [-0.4, -0.2) is 62.5 Å². The second kappa shape index (κ2) is 12.2. The van der Waals surface area contributed by atoms with E-state index in [0.29, 0.717) is 35.6 Å². The highest BCUT2D eigenvalue weighted by Crippen LogP contribution is 2.32. The van der Waals surface area contributed by atoms with E-state index >= 15 is 0 Å². The van der Waals surface area contributed by atoms with E-state index in [2.05, 4.69) is 25.0 Å². The van der Waals surface area contributed by atoms with Crippen LogP contribution < -0.4 is 20.5 Å². The molecule has 1 amide bonds. The minimum Gasteiger partial charge on any atom is -0.379 e. The highest BCUT2D eigenvalue weighted by atomic mass is 35.5. The van der Waals surface area contributed by atoms with Gasteiger partial charge < -0.3 is 15.3 Å². The maximum Gasteiger partial charge on any atom is 0.281 e. The van der Waals surface area contributed by atoms with E-state index in [-0.39, 0.29) is 34.3 Å². The number of piperidine rings is 1. The van der Waals surface area contributed by atoms with Gasteiger partial charge in [-0.25, -0.2) is 9.97 Å². The molecule has 1 aromatic carbocycles. The zero-order chi connectivity index (χ0) is 31.1. The molecule has 43 heavy (non-hydrogen) atoms. The first-order chi connectivity index (χ1) is 20.4. The predicted octanol–water partition coefficient (Wildman–Crippen LogP) is 3.84. The monoisotopic (exact) mass is 620 g/mol. The first-order valence-electron chi connectivity index (χ1n) is 14.0. The molecule has 3 N–H and O–H groups in total. The molecule has 0 saturated carbocycles. The Morgan fingerprint density at radius 3 is 2.60 bits per heavy atom. The van der Waals surface area contributed by atoms with E-state index in [0.717, 1.165) is 29.7 Å². The van der Waals surface area contributed by atoms with Gasteiger partial charge >= 0.3 is 0 Å². The number of nitrogens with zero attached hydrogens (tertiary/aromatic N) is 6. The van der Waals surface area contributed by atoms with Crippen molar-refractivity contribution in [3.8, 4) is 0 Å². The van der Waals surface area contributed by atoms with Crippen molar-refractivity contribution >= 4 is 59.8 Å². The zero-order valence-electron chi connectivity index (χ0n) is 24.8. The summed E-state index contributed by atoms with van der Waals surface area (Å²) in [6.07, 6.45) is 5.05. The first kappa shape index (κ1) is 30.9. The fourth-order valence-electron chi connectivity index (χ4n) is 5.51. The molecule has 1 fully saturated rings. The van der Waals surface area contributed by atoms with Crippen LogP contribution in [0.1, 0.15) is 66.0 Å². The molecule has 1 aliphatic rings. The molecule has 224 valence electrons. The number of pyridine rings is 1. The van der Waals surface area contributed by atoms with Crippen LogP contribution in [0.4, 0.5) is 11.6 Å². The lowest BCUT2D eigenvalue weighted by molar-refractivity contribution is 0.0584. The van der Waals surface area contributed by atoms with Crippen molar-refractivity contribution in [2.75, 3.05) is 29.6 Å². The van der Waals surface area contributed by atoms with Crippen molar-refractivity contribution < 1.29 is 9.90 Å². The average molecular weight is 621 g/mol. The smallest absolute Gasteiger partial charge is 0.281 e. The minimum atomic E-state index is -1.55. The number of nitrogens with one attached hydrogen (secondary N) is 2. The van der Waals surface area contributed by atoms with Crippen LogP contribution in [0.15, 0.2) is 41.3 Å². The third-order valence-corrected chi connectivity index (χ3v) is 8.31. The molecule has 5 rings (SSSR count). The maximum absolute atomic E-state index is 13.7. The highest BCUT2D eigenvalue weighted by Gasteiger charge is 2.27. The van der Waals surface area contributed by atoms with E-state index in [1.54, 1.807) is 36.2 Å². The zero-order valence-corrected chi connectivity index (χ0v) is 26.3. The summed E-state index contributed by atoms with van der Waals surface area (Å²) in [7, 11) is 7.52. The van der Waals surface area contributed by atoms with Crippen LogP contribution >= 0.6 is 23.5 Å². The number of anilines is 2. The fourth-order valence-corrected chi connectivity index (χ4v) is 5.94. The minimum absolute atomic E-state index is 0.128. The summed E-state index contributed by atoms with van der Waals surface area (Å²) in [6, 6.07) is 8.79. The summed E-state index contributed by atoms with van der Waals surface area (Å²) in [5.41, 5.74) is 2.25. The standard InChI is InChI=1S/C29H34BClN8O3S/c1-16-14-19(17(2)32-22-6-7-23(31)33-25(22)26(40)36-43-5)24-20(15-16)27(41)37(4)28(34-24)38-11-8-18(9-12-38)21-10-13-39(35-21)29(3,30)42/h6-7,10,13-15,17-18,32,42H,8-9,11-12H2,1-5H3,(H,36,40). The van der Waals surface area contributed by atoms with E-state index in [1.807, 2.05) is 32.0 Å². The lowest BCUT2D eigenvalue weighted by atomic mass is 9.94. The van der Waals surface area contributed by atoms with Crippen molar-refractivity contribution in [3.63, 3.8) is 0 Å². The van der Waals surface area contributed by atoms with Gasteiger partial charge in [0, 0.05) is 44.1 Å². The quantitative estimate of drug-likeness (QED) is 0.153. The summed E-state index contributed by atoms with van der Waals surface area (Å²) in [6.45, 7) is 6.75. The number of benzene rings is 1. The molecule has 0 spiro atoms. The van der Waals surface area contributed by atoms with Crippen LogP contribution in [-0.2, 0) is 12.7 Å². The van der Waals surface area contributed by atoms with Crippen LogP contribution in [0.3, 0.4) is 0 Å². The number of amides is 1. The molecule has 2 unspecified atom stereocenters. The Morgan fingerprint density at radius 1 is 1.23 bits per heavy atom. The lowest BCUT2D eigenvalue weighted by Crippen LogP contribution is -2.38. The number of fused-ring (bicyclic) bond motifs is 1. The third-order valence-electron chi connectivity index (χ3n) is 7.71. The Hall–Kier alpha value is -3.55. The number of aryl methyl sites for hydroxylation is 1. The Labute approximate surface area is 260 Å². The molecule has 3 aromatic heterocycles. The molecular formula is C29H34BClN8O3S. The number of rotatable bonds is 8. The van der Waals surface area contributed by atoms with Crippen LogP contribution in [0, 0.1) is 6.92 Å². The van der Waals surface area contributed by atoms with E-state index in [9.17, 15) is 14.7 Å². The summed E-state index contributed by atoms with van der Waals surface area (Å²) in [5, 5.41) is 18.7. The molecule has 4 aromatic rings. The van der Waals surface area contributed by atoms with Gasteiger partial charge in [0.2, 0.25) is 5.95 Å². The van der Waals surface area contributed by atoms with Crippen molar-refractivity contribution in [1.82, 2.24) is 29.0 Å². The van der Waals surface area contributed by atoms with Gasteiger partial charge in [0.25, 0.3) is 11.5 Å². The number of halogens is 1. The second-order valence-electron chi connectivity index (χ2n) is 11.1. The number of carbonyl (C=O) groups is 1. The molecule has 1 saturated heterocycles. The van der Waals surface area contributed by atoms with Crippen molar-refractivity contribution in [2.24, 2.45) is 7.05 Å². The number of carbonyl (C=O) groups excluding carboxylic acids is 1. The van der Waals surface area contributed by atoms with Crippen molar-refractivity contribution in [1.29, 1.82) is 0 Å². The first-order valence-corrected chi connectivity index (χ1v) is 15.6. The Kier molecular flexibility index (Phi) is 8.78. The second-order valence-corrected chi connectivity index (χ2v) is 12.1. The van der Waals surface area contributed by atoms with Gasteiger partial charge in [-0.15, -0.1) is 0 Å². The van der Waals surface area contributed by atoms with Gasteiger partial charge in [0.05, 0.1) is 28.3 Å². The summed E-state index contributed by atoms with van der Waals surface area (Å²) in [5.74, 6) is 0.429. The largest absolute Gasteiger partial charge is 0.379 e. The van der Waals surface area contributed by atoms with E-state index in [1.165, 1.54) is 23.6 Å². The Balaban J connectivity index is 1.45. The highest BCUT2D eigenvalue weighted by molar-refractivity contribution is 7.97.